The minimum atomic E-state index is -0.547. The molecule has 0 radical (unpaired) electrons. The minimum absolute atomic E-state index is 0. The first-order valence-corrected chi connectivity index (χ1v) is 10.9. The zero-order chi connectivity index (χ0) is 23.3. The normalized spacial score (nSPS) is 10.8. The van der Waals surface area contributed by atoms with Crippen LogP contribution in [0.25, 0.3) is 11.2 Å². The average molecular weight is 485 g/mol. The molecule has 0 saturated heterocycles. The van der Waals surface area contributed by atoms with Crippen LogP contribution in [0, 0.1) is 0 Å². The number of ether oxygens (including phenoxy) is 2. The van der Waals surface area contributed by atoms with Crippen molar-refractivity contribution in [1.82, 2.24) is 19.1 Å². The first kappa shape index (κ1) is 27.2. The number of aromatic nitrogens is 4. The monoisotopic (exact) mass is 484 g/mol. The van der Waals surface area contributed by atoms with Gasteiger partial charge in [0.2, 0.25) is 0 Å². The number of benzene rings is 1. The molecule has 3 rings (SSSR count). The quantitative estimate of drug-likeness (QED) is 0.164. The van der Waals surface area contributed by atoms with Crippen molar-refractivity contribution < 1.29 is 43.8 Å². The molecule has 0 aliphatic heterocycles. The Morgan fingerprint density at radius 2 is 1.76 bits per heavy atom. The first-order valence-electron chi connectivity index (χ1n) is 10.5. The second-order valence-corrected chi connectivity index (χ2v) is 7.70. The summed E-state index contributed by atoms with van der Waals surface area (Å²) in [5.41, 5.74) is -0.268. The van der Waals surface area contributed by atoms with Crippen LogP contribution >= 0.6 is 11.6 Å². The zero-order valence-electron chi connectivity index (χ0n) is 19.4. The fourth-order valence-corrected chi connectivity index (χ4v) is 3.73. The summed E-state index contributed by atoms with van der Waals surface area (Å²) < 4.78 is 13.0. The molecule has 2 heterocycles. The predicted octanol–water partition coefficient (Wildman–Crippen LogP) is 0.0433. The number of Topliss-reactive ketones (excluding diaryl/α,β-unsaturated/α-hetero) is 1. The van der Waals surface area contributed by atoms with Crippen LogP contribution in [0.3, 0.4) is 0 Å². The zero-order valence-corrected chi connectivity index (χ0v) is 22.1. The number of imidazole rings is 1. The number of carbonyl (C=O) groups excluding carboxylic acids is 1. The number of fused-ring (bicyclic) bond motifs is 1. The topological polar surface area (TPSA) is 107 Å². The van der Waals surface area contributed by atoms with Crippen molar-refractivity contribution in [2.75, 3.05) is 14.2 Å². The Kier molecular flexibility index (Phi) is 10.2. The van der Waals surface area contributed by atoms with E-state index in [0.717, 1.165) is 23.8 Å². The average Bonchev–Trinajstić information content (AvgIpc) is 3.19. The molecule has 33 heavy (non-hydrogen) atoms. The number of nitrogens with zero attached hydrogens (tertiary/aromatic N) is 4. The Hall–Kier alpha value is -2.07. The molecule has 0 atom stereocenters. The molecule has 9 nitrogen and oxygen atoms in total. The molecule has 0 bridgehead atoms. The summed E-state index contributed by atoms with van der Waals surface area (Å²) in [6.45, 7) is 2.57. The molecule has 0 aliphatic carbocycles. The number of hydrogen-bond acceptors (Lipinski definition) is 6. The van der Waals surface area contributed by atoms with Gasteiger partial charge in [-0.3, -0.25) is 18.7 Å². The summed E-state index contributed by atoms with van der Waals surface area (Å²) >= 11 is 5.90. The third kappa shape index (κ3) is 6.09. The number of unbranched alkanes of at least 4 members (excludes halogenated alkanes) is 2. The summed E-state index contributed by atoms with van der Waals surface area (Å²) in [5.74, 6) is 0.864. The van der Waals surface area contributed by atoms with E-state index < -0.39 is 11.2 Å². The molecular formula is C22H26ClN4NaO5. The van der Waals surface area contributed by atoms with E-state index in [2.05, 4.69) is 16.9 Å². The SMILES string of the molecule is CCCCCn1c(=O)n(CCCC(=O)c2ccc(OC)c(OC)c2)c(=O)c2[n-]c(Cl)nc21.[Na+]. The molecule has 0 amide bonds. The van der Waals surface area contributed by atoms with Crippen LogP contribution in [0.5, 0.6) is 11.5 Å². The Morgan fingerprint density at radius 1 is 1.06 bits per heavy atom. The van der Waals surface area contributed by atoms with Crippen LogP contribution in [-0.4, -0.2) is 34.1 Å². The van der Waals surface area contributed by atoms with Crippen molar-refractivity contribution in [2.45, 2.75) is 52.1 Å². The maximum atomic E-state index is 13.0. The Balaban J connectivity index is 0.00000385. The van der Waals surface area contributed by atoms with Crippen LogP contribution in [-0.2, 0) is 13.1 Å². The fraction of sp³-hybridized carbons (Fsp3) is 0.455. The van der Waals surface area contributed by atoms with Crippen LogP contribution in [0.4, 0.5) is 0 Å². The van der Waals surface area contributed by atoms with Gasteiger partial charge in [0.05, 0.1) is 14.2 Å². The number of methoxy groups -OCH3 is 2. The Bertz CT molecular complexity index is 1230. The van der Waals surface area contributed by atoms with Crippen molar-refractivity contribution in [1.29, 1.82) is 0 Å². The van der Waals surface area contributed by atoms with E-state index in [1.54, 1.807) is 18.2 Å². The second kappa shape index (κ2) is 12.4. The van der Waals surface area contributed by atoms with Gasteiger partial charge in [0.15, 0.2) is 17.3 Å². The first-order chi connectivity index (χ1) is 15.4. The maximum absolute atomic E-state index is 13.0. The summed E-state index contributed by atoms with van der Waals surface area (Å²) in [6.07, 6.45) is 3.16. The Labute approximate surface area is 218 Å². The number of halogens is 1. The van der Waals surface area contributed by atoms with E-state index in [4.69, 9.17) is 21.1 Å². The van der Waals surface area contributed by atoms with Gasteiger partial charge in [-0.1, -0.05) is 31.4 Å². The second-order valence-electron chi connectivity index (χ2n) is 7.36. The molecule has 3 aromatic rings. The fourth-order valence-electron chi connectivity index (χ4n) is 3.56. The molecule has 11 heteroatoms. The van der Waals surface area contributed by atoms with Gasteiger partial charge in [-0.05, 0) is 31.0 Å². The van der Waals surface area contributed by atoms with E-state index >= 15 is 0 Å². The standard InChI is InChI=1S/C22H27ClN4O5.Na/c1-4-5-6-11-26-19-18(24-21(23)25-19)20(29)27(22(26)30)12-7-8-15(28)14-9-10-16(31-2)17(13-14)32-3;/h9-10,13H,4-8,11-12H2,1-3H3,(H,24,25,29);/q;+1/p-1. The van der Waals surface area contributed by atoms with Crippen LogP contribution in [0.15, 0.2) is 27.8 Å². The van der Waals surface area contributed by atoms with Crippen molar-refractivity contribution in [3.63, 3.8) is 0 Å². The third-order valence-corrected chi connectivity index (χ3v) is 5.42. The molecule has 0 saturated carbocycles. The molecule has 0 aliphatic rings. The van der Waals surface area contributed by atoms with Crippen molar-refractivity contribution in [2.24, 2.45) is 0 Å². The van der Waals surface area contributed by atoms with E-state index in [-0.39, 0.29) is 64.8 Å². The molecule has 0 N–H and O–H groups in total. The smallest absolute Gasteiger partial charge is 0.493 e. The third-order valence-electron chi connectivity index (χ3n) is 5.26. The summed E-state index contributed by atoms with van der Waals surface area (Å²) in [7, 11) is 3.02. The number of rotatable bonds is 11. The van der Waals surface area contributed by atoms with Crippen LogP contribution in [0.2, 0.25) is 5.28 Å². The maximum Gasteiger partial charge on any atom is 1.00 e. The van der Waals surface area contributed by atoms with Gasteiger partial charge < -0.3 is 19.4 Å². The summed E-state index contributed by atoms with van der Waals surface area (Å²) in [6, 6.07) is 4.93. The van der Waals surface area contributed by atoms with E-state index in [1.807, 2.05) is 0 Å². The van der Waals surface area contributed by atoms with Crippen LogP contribution < -0.4 is 55.3 Å². The van der Waals surface area contributed by atoms with E-state index in [0.29, 0.717) is 30.0 Å². The van der Waals surface area contributed by atoms with Gasteiger partial charge in [-0.25, -0.2) is 4.79 Å². The molecule has 172 valence electrons. The van der Waals surface area contributed by atoms with Crippen molar-refractivity contribution in [3.05, 3.63) is 49.9 Å². The van der Waals surface area contributed by atoms with Gasteiger partial charge in [0.1, 0.15) is 0 Å². The Morgan fingerprint density at radius 3 is 2.42 bits per heavy atom. The van der Waals surface area contributed by atoms with Crippen molar-refractivity contribution in [3.8, 4) is 11.5 Å². The minimum Gasteiger partial charge on any atom is -0.493 e. The molecule has 0 unspecified atom stereocenters. The van der Waals surface area contributed by atoms with Crippen LogP contribution in [0.1, 0.15) is 49.4 Å². The molecule has 2 aromatic heterocycles. The predicted molar refractivity (Wildman–Crippen MR) is 121 cm³/mol. The molecule has 0 fully saturated rings. The van der Waals surface area contributed by atoms with Crippen molar-refractivity contribution >= 4 is 28.5 Å². The van der Waals surface area contributed by atoms with E-state index in [1.165, 1.54) is 18.8 Å². The summed E-state index contributed by atoms with van der Waals surface area (Å²) in [4.78, 5) is 46.5. The van der Waals surface area contributed by atoms with E-state index in [9.17, 15) is 14.4 Å². The number of hydrogen-bond donors (Lipinski definition) is 0. The molecule has 0 spiro atoms. The summed E-state index contributed by atoms with van der Waals surface area (Å²) in [5, 5.41) is -0.0675. The molecule has 1 aromatic carbocycles. The largest absolute Gasteiger partial charge is 1.00 e. The van der Waals surface area contributed by atoms with Gasteiger partial charge in [-0.2, -0.15) is 0 Å². The van der Waals surface area contributed by atoms with Gasteiger partial charge in [0, 0.05) is 41.5 Å². The number of aryl methyl sites for hydroxylation is 1. The number of carbonyl (C=O) groups is 1. The van der Waals surface area contributed by atoms with Gasteiger partial charge >= 0.3 is 35.2 Å². The van der Waals surface area contributed by atoms with Gasteiger partial charge in [0.25, 0.3) is 5.56 Å². The number of ketones is 1. The molecular weight excluding hydrogens is 459 g/mol. The van der Waals surface area contributed by atoms with Gasteiger partial charge in [-0.15, -0.1) is 0 Å².